The van der Waals surface area contributed by atoms with Crippen molar-refractivity contribution in [3.05, 3.63) is 23.8 Å². The number of nitrogens with zero attached hydrogens (tertiary/aromatic N) is 1. The lowest BCUT2D eigenvalue weighted by atomic mass is 10.2. The van der Waals surface area contributed by atoms with Crippen LogP contribution in [0, 0.1) is 12.8 Å². The number of ether oxygens (including phenoxy) is 1. The monoisotopic (exact) mass is 292 g/mol. The second-order valence-corrected chi connectivity index (χ2v) is 5.55. The summed E-state index contributed by atoms with van der Waals surface area (Å²) < 4.78 is 5.22. The van der Waals surface area contributed by atoms with E-state index in [1.165, 1.54) is 6.92 Å². The van der Waals surface area contributed by atoms with E-state index in [0.29, 0.717) is 23.9 Å². The average Bonchev–Trinajstić information content (AvgIpc) is 2.37. The lowest BCUT2D eigenvalue weighted by Gasteiger charge is -2.22. The average molecular weight is 292 g/mol. The molecule has 5 nitrogen and oxygen atoms in total. The first-order valence-corrected chi connectivity index (χ1v) is 7.03. The number of carbonyl (C=O) groups is 2. The second-order valence-electron chi connectivity index (χ2n) is 5.55. The summed E-state index contributed by atoms with van der Waals surface area (Å²) in [6, 6.07) is 5.56. The molecular formula is C16H24N2O3. The van der Waals surface area contributed by atoms with Crippen LogP contribution in [-0.4, -0.2) is 36.9 Å². The van der Waals surface area contributed by atoms with E-state index in [-0.39, 0.29) is 18.4 Å². The first kappa shape index (κ1) is 17.0. The Morgan fingerprint density at radius 2 is 2.00 bits per heavy atom. The molecule has 0 aliphatic carbocycles. The topological polar surface area (TPSA) is 58.6 Å². The van der Waals surface area contributed by atoms with Crippen LogP contribution >= 0.6 is 0 Å². The van der Waals surface area contributed by atoms with Crippen molar-refractivity contribution < 1.29 is 14.3 Å². The predicted molar refractivity (Wildman–Crippen MR) is 83.5 cm³/mol. The van der Waals surface area contributed by atoms with Gasteiger partial charge in [0.2, 0.25) is 11.8 Å². The van der Waals surface area contributed by atoms with Crippen LogP contribution in [-0.2, 0) is 9.59 Å². The number of benzene rings is 1. The summed E-state index contributed by atoms with van der Waals surface area (Å²) in [5.41, 5.74) is 1.65. The van der Waals surface area contributed by atoms with Crippen molar-refractivity contribution in [1.29, 1.82) is 0 Å². The fourth-order valence-corrected chi connectivity index (χ4v) is 2.03. The lowest BCUT2D eigenvalue weighted by molar-refractivity contribution is -0.133. The molecule has 0 heterocycles. The van der Waals surface area contributed by atoms with Crippen molar-refractivity contribution >= 4 is 17.5 Å². The van der Waals surface area contributed by atoms with Gasteiger partial charge in [0.15, 0.2) is 0 Å². The molecule has 0 fully saturated rings. The van der Waals surface area contributed by atoms with E-state index in [4.69, 9.17) is 4.74 Å². The smallest absolute Gasteiger partial charge is 0.244 e. The van der Waals surface area contributed by atoms with Crippen LogP contribution in [0.3, 0.4) is 0 Å². The van der Waals surface area contributed by atoms with Crippen LogP contribution < -0.4 is 10.1 Å². The van der Waals surface area contributed by atoms with Gasteiger partial charge in [0.25, 0.3) is 0 Å². The van der Waals surface area contributed by atoms with Gasteiger partial charge in [0.05, 0.1) is 19.3 Å². The lowest BCUT2D eigenvalue weighted by Crippen LogP contribution is -2.38. The van der Waals surface area contributed by atoms with Crippen molar-refractivity contribution in [1.82, 2.24) is 4.90 Å². The molecule has 0 saturated heterocycles. The number of hydrogen-bond acceptors (Lipinski definition) is 3. The van der Waals surface area contributed by atoms with E-state index in [1.807, 2.05) is 39.0 Å². The number of nitrogens with one attached hydrogen (secondary N) is 1. The van der Waals surface area contributed by atoms with Gasteiger partial charge in [0.1, 0.15) is 5.75 Å². The van der Waals surface area contributed by atoms with Gasteiger partial charge in [-0.15, -0.1) is 0 Å². The zero-order chi connectivity index (χ0) is 16.0. The molecule has 0 spiro atoms. The largest absolute Gasteiger partial charge is 0.495 e. The first-order valence-electron chi connectivity index (χ1n) is 7.03. The van der Waals surface area contributed by atoms with Crippen LogP contribution in [0.1, 0.15) is 26.3 Å². The fourth-order valence-electron chi connectivity index (χ4n) is 2.03. The van der Waals surface area contributed by atoms with Gasteiger partial charge in [-0.05, 0) is 30.5 Å². The third-order valence-electron chi connectivity index (χ3n) is 2.99. The summed E-state index contributed by atoms with van der Waals surface area (Å²) in [6.07, 6.45) is 0. The highest BCUT2D eigenvalue weighted by molar-refractivity contribution is 5.95. The molecular weight excluding hydrogens is 268 g/mol. The van der Waals surface area contributed by atoms with Gasteiger partial charge in [-0.2, -0.15) is 0 Å². The Labute approximate surface area is 126 Å². The summed E-state index contributed by atoms with van der Waals surface area (Å²) in [5, 5.41) is 2.80. The Morgan fingerprint density at radius 3 is 2.52 bits per heavy atom. The zero-order valence-electron chi connectivity index (χ0n) is 13.4. The number of methoxy groups -OCH3 is 1. The van der Waals surface area contributed by atoms with Crippen molar-refractivity contribution in [3.63, 3.8) is 0 Å². The molecule has 1 rings (SSSR count). The minimum Gasteiger partial charge on any atom is -0.495 e. The van der Waals surface area contributed by atoms with Gasteiger partial charge < -0.3 is 15.0 Å². The van der Waals surface area contributed by atoms with Crippen molar-refractivity contribution in [2.75, 3.05) is 25.5 Å². The molecule has 0 saturated carbocycles. The molecule has 0 unspecified atom stereocenters. The summed E-state index contributed by atoms with van der Waals surface area (Å²) in [6.45, 7) is 8.05. The third kappa shape index (κ3) is 5.45. The van der Waals surface area contributed by atoms with Crippen LogP contribution in [0.5, 0.6) is 5.75 Å². The number of carbonyl (C=O) groups excluding carboxylic acids is 2. The molecule has 0 aliphatic rings. The molecule has 0 atom stereocenters. The Morgan fingerprint density at radius 1 is 1.33 bits per heavy atom. The highest BCUT2D eigenvalue weighted by Crippen LogP contribution is 2.25. The minimum absolute atomic E-state index is 0.0462. The van der Waals surface area contributed by atoms with Gasteiger partial charge in [0, 0.05) is 13.5 Å². The Hall–Kier alpha value is -2.04. The number of rotatable bonds is 6. The fraction of sp³-hybridized carbons (Fsp3) is 0.500. The highest BCUT2D eigenvalue weighted by Gasteiger charge is 2.16. The summed E-state index contributed by atoms with van der Waals surface area (Å²) in [4.78, 5) is 25.2. The van der Waals surface area contributed by atoms with Gasteiger partial charge in [-0.1, -0.05) is 19.9 Å². The van der Waals surface area contributed by atoms with Crippen LogP contribution in [0.2, 0.25) is 0 Å². The molecule has 1 aromatic rings. The maximum Gasteiger partial charge on any atom is 0.244 e. The highest BCUT2D eigenvalue weighted by atomic mass is 16.5. The van der Waals surface area contributed by atoms with Gasteiger partial charge in [-0.3, -0.25) is 9.59 Å². The van der Waals surface area contributed by atoms with E-state index >= 15 is 0 Å². The molecule has 0 radical (unpaired) electrons. The summed E-state index contributed by atoms with van der Waals surface area (Å²) in [7, 11) is 1.56. The molecule has 1 aromatic carbocycles. The normalized spacial score (nSPS) is 10.4. The maximum atomic E-state index is 12.1. The molecule has 0 bridgehead atoms. The molecule has 21 heavy (non-hydrogen) atoms. The van der Waals surface area contributed by atoms with E-state index < -0.39 is 0 Å². The summed E-state index contributed by atoms with van der Waals surface area (Å²) >= 11 is 0. The Balaban J connectivity index is 2.76. The number of hydrogen-bond donors (Lipinski definition) is 1. The molecule has 0 aliphatic heterocycles. The maximum absolute atomic E-state index is 12.1. The molecule has 0 aromatic heterocycles. The summed E-state index contributed by atoms with van der Waals surface area (Å²) in [5.74, 6) is 0.590. The molecule has 5 heteroatoms. The van der Waals surface area contributed by atoms with E-state index in [9.17, 15) is 9.59 Å². The van der Waals surface area contributed by atoms with Crippen LogP contribution in [0.4, 0.5) is 5.69 Å². The van der Waals surface area contributed by atoms with E-state index in [1.54, 1.807) is 12.0 Å². The van der Waals surface area contributed by atoms with Crippen LogP contribution in [0.25, 0.3) is 0 Å². The van der Waals surface area contributed by atoms with Crippen molar-refractivity contribution in [2.24, 2.45) is 5.92 Å². The number of anilines is 1. The standard InChI is InChI=1S/C16H24N2O3/c1-11(2)9-18(13(4)19)10-16(20)17-14-8-12(3)6-7-15(14)21-5/h6-8,11H,9-10H2,1-5H3,(H,17,20). The second kappa shape index (κ2) is 7.67. The SMILES string of the molecule is COc1ccc(C)cc1NC(=O)CN(CC(C)C)C(C)=O. The van der Waals surface area contributed by atoms with Gasteiger partial charge in [-0.25, -0.2) is 0 Å². The number of aryl methyl sites for hydroxylation is 1. The predicted octanol–water partition coefficient (Wildman–Crippen LogP) is 2.45. The van der Waals surface area contributed by atoms with Gasteiger partial charge >= 0.3 is 0 Å². The van der Waals surface area contributed by atoms with Crippen molar-refractivity contribution in [2.45, 2.75) is 27.7 Å². The zero-order valence-corrected chi connectivity index (χ0v) is 13.4. The van der Waals surface area contributed by atoms with E-state index in [0.717, 1.165) is 5.56 Å². The Kier molecular flexibility index (Phi) is 6.21. The minimum atomic E-state index is -0.227. The molecule has 116 valence electrons. The first-order chi connectivity index (χ1) is 9.83. The molecule has 2 amide bonds. The third-order valence-corrected chi connectivity index (χ3v) is 2.99. The van der Waals surface area contributed by atoms with Crippen LogP contribution in [0.15, 0.2) is 18.2 Å². The van der Waals surface area contributed by atoms with Crippen molar-refractivity contribution in [3.8, 4) is 5.75 Å². The quantitative estimate of drug-likeness (QED) is 0.876. The van der Waals surface area contributed by atoms with E-state index in [2.05, 4.69) is 5.32 Å². The Bertz CT molecular complexity index is 512. The molecule has 1 N–H and O–H groups in total. The number of amides is 2.